The highest BCUT2D eigenvalue weighted by molar-refractivity contribution is 9.10. The lowest BCUT2D eigenvalue weighted by molar-refractivity contribution is 0.0234. The van der Waals surface area contributed by atoms with Crippen molar-refractivity contribution in [2.75, 3.05) is 6.54 Å². The van der Waals surface area contributed by atoms with Crippen molar-refractivity contribution in [3.8, 4) is 0 Å². The zero-order valence-electron chi connectivity index (χ0n) is 18.9. The third-order valence-corrected chi connectivity index (χ3v) is 5.45. The van der Waals surface area contributed by atoms with Gasteiger partial charge < -0.3 is 19.4 Å². The van der Waals surface area contributed by atoms with Crippen LogP contribution in [0, 0.1) is 0 Å². The van der Waals surface area contributed by atoms with Crippen molar-refractivity contribution in [2.45, 2.75) is 71.6 Å². The second-order valence-corrected chi connectivity index (χ2v) is 10.8. The summed E-state index contributed by atoms with van der Waals surface area (Å²) in [6.45, 7) is 12.4. The van der Waals surface area contributed by atoms with Gasteiger partial charge in [-0.25, -0.2) is 9.78 Å². The number of hydrogen-bond acceptors (Lipinski definition) is 5. The predicted molar refractivity (Wildman–Crippen MR) is 121 cm³/mol. The number of amides is 2. The number of aromatic nitrogens is 1. The molecule has 0 spiro atoms. The number of carbonyl (C=O) groups excluding carboxylic acids is 2. The molecule has 1 aromatic heterocycles. The van der Waals surface area contributed by atoms with Gasteiger partial charge in [-0.1, -0.05) is 42.8 Å². The normalized spacial score (nSPS) is 17.0. The highest BCUT2D eigenvalue weighted by Gasteiger charge is 2.30. The number of fused-ring (bicyclic) bond motifs is 1. The molecule has 2 heterocycles. The van der Waals surface area contributed by atoms with E-state index >= 15 is 0 Å². The monoisotopic (exact) mass is 491 g/mol. The Bertz CT molecular complexity index is 972. The third kappa shape index (κ3) is 5.87. The molecule has 2 aromatic rings. The summed E-state index contributed by atoms with van der Waals surface area (Å²) in [7, 11) is 0. The number of rotatable bonds is 2. The molecule has 0 saturated carbocycles. The summed E-state index contributed by atoms with van der Waals surface area (Å²) in [6, 6.07) is 5.59. The van der Waals surface area contributed by atoms with E-state index in [1.165, 1.54) is 6.26 Å². The zero-order valence-corrected chi connectivity index (χ0v) is 20.5. The van der Waals surface area contributed by atoms with Gasteiger partial charge in [0, 0.05) is 23.0 Å². The molecule has 1 atom stereocenters. The van der Waals surface area contributed by atoms with Crippen molar-refractivity contribution in [3.63, 3.8) is 0 Å². The van der Waals surface area contributed by atoms with E-state index in [9.17, 15) is 9.59 Å². The van der Waals surface area contributed by atoms with Crippen molar-refractivity contribution < 1.29 is 18.7 Å². The fraction of sp³-hybridized carbons (Fsp3) is 0.522. The molecule has 0 saturated heterocycles. The molecular weight excluding hydrogens is 462 g/mol. The van der Waals surface area contributed by atoms with Crippen LogP contribution in [-0.4, -0.2) is 34.0 Å². The van der Waals surface area contributed by atoms with E-state index in [0.29, 0.717) is 19.5 Å². The highest BCUT2D eigenvalue weighted by atomic mass is 79.9. The van der Waals surface area contributed by atoms with Crippen LogP contribution in [0.3, 0.4) is 0 Å². The molecule has 1 aromatic carbocycles. The van der Waals surface area contributed by atoms with Gasteiger partial charge >= 0.3 is 12.0 Å². The van der Waals surface area contributed by atoms with Crippen molar-refractivity contribution in [3.05, 3.63) is 51.6 Å². The van der Waals surface area contributed by atoms with Gasteiger partial charge in [-0.05, 0) is 50.5 Å². The third-order valence-electron chi connectivity index (χ3n) is 4.95. The van der Waals surface area contributed by atoms with Crippen LogP contribution in [0.15, 0.2) is 33.4 Å². The molecule has 1 aliphatic rings. The van der Waals surface area contributed by atoms with Gasteiger partial charge in [0.15, 0.2) is 0 Å². The first-order valence-corrected chi connectivity index (χ1v) is 11.2. The molecule has 0 fully saturated rings. The maximum absolute atomic E-state index is 12.9. The Morgan fingerprint density at radius 1 is 1.23 bits per heavy atom. The minimum atomic E-state index is -0.577. The van der Waals surface area contributed by atoms with E-state index in [1.54, 1.807) is 4.90 Å². The highest BCUT2D eigenvalue weighted by Crippen LogP contribution is 2.30. The summed E-state index contributed by atoms with van der Waals surface area (Å²) in [6.07, 6.45) is 1.71. The lowest BCUT2D eigenvalue weighted by Crippen LogP contribution is -2.37. The number of nitrogens with one attached hydrogen (secondary N) is 1. The number of oxazole rings is 1. The molecule has 31 heavy (non-hydrogen) atoms. The van der Waals surface area contributed by atoms with Crippen LogP contribution >= 0.6 is 15.9 Å². The minimum absolute atomic E-state index is 0.0387. The van der Waals surface area contributed by atoms with E-state index in [2.05, 4.69) is 26.2 Å². The van der Waals surface area contributed by atoms with E-state index in [4.69, 9.17) is 9.15 Å². The van der Waals surface area contributed by atoms with Gasteiger partial charge in [0.05, 0.1) is 11.7 Å². The largest absolute Gasteiger partial charge is 0.444 e. The van der Waals surface area contributed by atoms with Crippen LogP contribution < -0.4 is 5.32 Å². The molecule has 1 N–H and O–H groups in total. The topological polar surface area (TPSA) is 84.7 Å². The standard InChI is InChI=1S/C23H30BrN3O4/c1-22(2,3)18-13-30-20(26-18)19(28)25-17-9-10-27(21(29)31-23(4,5)6)12-14-11-15(24)7-8-16(14)17/h7-8,11,13,17H,9-10,12H2,1-6H3,(H,25,28)/t17-/m1/s1. The maximum atomic E-state index is 12.9. The minimum Gasteiger partial charge on any atom is -0.444 e. The van der Waals surface area contributed by atoms with Crippen molar-refractivity contribution in [1.29, 1.82) is 0 Å². The molecule has 168 valence electrons. The summed E-state index contributed by atoms with van der Waals surface area (Å²) < 4.78 is 11.9. The number of benzene rings is 1. The Labute approximate surface area is 191 Å². The SMILES string of the molecule is CC(C)(C)OC(=O)N1CC[C@@H](NC(=O)c2nc(C(C)(C)C)co2)c2ccc(Br)cc2C1. The molecule has 1 aliphatic heterocycles. The Balaban J connectivity index is 1.82. The van der Waals surface area contributed by atoms with Crippen molar-refractivity contribution >= 4 is 27.9 Å². The molecule has 2 amide bonds. The molecule has 3 rings (SSSR count). The first-order chi connectivity index (χ1) is 14.3. The number of nitrogens with zero attached hydrogens (tertiary/aromatic N) is 2. The number of carbonyl (C=O) groups is 2. The lowest BCUT2D eigenvalue weighted by atomic mass is 9.93. The summed E-state index contributed by atoms with van der Waals surface area (Å²) in [5, 5.41) is 3.03. The Hall–Kier alpha value is -2.35. The molecule has 0 bridgehead atoms. The zero-order chi connectivity index (χ0) is 23.0. The van der Waals surface area contributed by atoms with Crippen LogP contribution in [0.2, 0.25) is 0 Å². The van der Waals surface area contributed by atoms with Crippen molar-refractivity contribution in [2.24, 2.45) is 0 Å². The fourth-order valence-electron chi connectivity index (χ4n) is 3.35. The maximum Gasteiger partial charge on any atom is 0.410 e. The van der Waals surface area contributed by atoms with Crippen LogP contribution in [0.5, 0.6) is 0 Å². The van der Waals surface area contributed by atoms with Crippen LogP contribution in [0.1, 0.15) is 81.5 Å². The van der Waals surface area contributed by atoms with Gasteiger partial charge in [0.1, 0.15) is 11.9 Å². The van der Waals surface area contributed by atoms with Gasteiger partial charge in [0.25, 0.3) is 5.89 Å². The van der Waals surface area contributed by atoms with Gasteiger partial charge in [-0.2, -0.15) is 0 Å². The van der Waals surface area contributed by atoms with Gasteiger partial charge in [0.2, 0.25) is 0 Å². The predicted octanol–water partition coefficient (Wildman–Crippen LogP) is 5.35. The molecule has 7 nitrogen and oxygen atoms in total. The smallest absolute Gasteiger partial charge is 0.410 e. The van der Waals surface area contributed by atoms with E-state index in [0.717, 1.165) is 21.3 Å². The first-order valence-electron chi connectivity index (χ1n) is 10.4. The van der Waals surface area contributed by atoms with Crippen LogP contribution in [0.25, 0.3) is 0 Å². The summed E-state index contributed by atoms with van der Waals surface area (Å²) in [5.74, 6) is -0.336. The van der Waals surface area contributed by atoms with Crippen LogP contribution in [0.4, 0.5) is 4.79 Å². The van der Waals surface area contributed by atoms with Gasteiger partial charge in [-0.3, -0.25) is 4.79 Å². The number of hydrogen-bond donors (Lipinski definition) is 1. The van der Waals surface area contributed by atoms with Gasteiger partial charge in [-0.15, -0.1) is 0 Å². The fourth-order valence-corrected chi connectivity index (χ4v) is 3.76. The van der Waals surface area contributed by atoms with Crippen molar-refractivity contribution in [1.82, 2.24) is 15.2 Å². The van der Waals surface area contributed by atoms with Crippen LogP contribution in [-0.2, 0) is 16.7 Å². The molecule has 8 heteroatoms. The molecule has 0 unspecified atom stereocenters. The second-order valence-electron chi connectivity index (χ2n) is 9.85. The molecule has 0 radical (unpaired) electrons. The number of ether oxygens (including phenoxy) is 1. The summed E-state index contributed by atoms with van der Waals surface area (Å²) >= 11 is 3.50. The average molecular weight is 492 g/mol. The Morgan fingerprint density at radius 2 is 1.94 bits per heavy atom. The van der Waals surface area contributed by atoms with E-state index in [1.807, 2.05) is 59.7 Å². The lowest BCUT2D eigenvalue weighted by Gasteiger charge is -2.26. The summed E-state index contributed by atoms with van der Waals surface area (Å²) in [5.41, 5.74) is 1.85. The van der Waals surface area contributed by atoms with E-state index < -0.39 is 5.60 Å². The molecular formula is C23H30BrN3O4. The Kier molecular flexibility index (Phi) is 6.51. The average Bonchev–Trinajstić information content (AvgIpc) is 3.07. The molecule has 0 aliphatic carbocycles. The summed E-state index contributed by atoms with van der Waals surface area (Å²) in [4.78, 5) is 31.6. The Morgan fingerprint density at radius 3 is 2.55 bits per heavy atom. The first kappa shape index (κ1) is 23.3. The van der Waals surface area contributed by atoms with E-state index in [-0.39, 0.29) is 29.3 Å². The second kappa shape index (κ2) is 8.65. The quantitative estimate of drug-likeness (QED) is 0.611. The number of halogens is 1.